The molecule has 0 atom stereocenters. The Morgan fingerprint density at radius 1 is 1.10 bits per heavy atom. The molecule has 9 heteroatoms. The van der Waals surface area contributed by atoms with Crippen LogP contribution in [0.5, 0.6) is 5.75 Å². The number of carbonyl (C=O) groups is 1. The van der Waals surface area contributed by atoms with Gasteiger partial charge in [0.25, 0.3) is 5.91 Å². The van der Waals surface area contributed by atoms with Crippen LogP contribution >= 0.6 is 0 Å². The van der Waals surface area contributed by atoms with Gasteiger partial charge in [-0.05, 0) is 55.0 Å². The first-order valence-corrected chi connectivity index (χ1v) is 13.2. The van der Waals surface area contributed by atoms with Crippen LogP contribution in [0.15, 0.2) is 41.1 Å². The average Bonchev–Trinajstić information content (AvgIpc) is 3.71. The van der Waals surface area contributed by atoms with E-state index < -0.39 is 0 Å². The zero-order valence-corrected chi connectivity index (χ0v) is 22.2. The Morgan fingerprint density at radius 2 is 1.90 bits per heavy atom. The first-order chi connectivity index (χ1) is 18.9. The van der Waals surface area contributed by atoms with E-state index in [-0.39, 0.29) is 17.8 Å². The van der Waals surface area contributed by atoms with Crippen molar-refractivity contribution in [2.45, 2.75) is 44.6 Å². The monoisotopic (exact) mass is 523 g/mol. The van der Waals surface area contributed by atoms with Gasteiger partial charge in [-0.2, -0.15) is 0 Å². The van der Waals surface area contributed by atoms with Crippen LogP contribution < -0.4 is 4.74 Å². The summed E-state index contributed by atoms with van der Waals surface area (Å²) in [5.41, 5.74) is 5.89. The molecule has 0 aromatic carbocycles. The fraction of sp³-hybridized carbons (Fsp3) is 0.367. The molecule has 39 heavy (non-hydrogen) atoms. The third-order valence-electron chi connectivity index (χ3n) is 7.22. The second-order valence-corrected chi connectivity index (χ2v) is 10.3. The van der Waals surface area contributed by atoms with Crippen molar-refractivity contribution in [3.63, 3.8) is 0 Å². The quantitative estimate of drug-likeness (QED) is 0.288. The van der Waals surface area contributed by atoms with Crippen molar-refractivity contribution in [3.8, 4) is 28.5 Å². The Labute approximate surface area is 226 Å². The molecule has 0 unspecified atom stereocenters. The van der Waals surface area contributed by atoms with Gasteiger partial charge in [-0.15, -0.1) is 4.98 Å². The number of carbonyl (C=O) groups excluding carboxylic acids is 1. The van der Waals surface area contributed by atoms with Gasteiger partial charge >= 0.3 is 5.82 Å². The molecule has 2 aliphatic rings. The van der Waals surface area contributed by atoms with Gasteiger partial charge in [-0.3, -0.25) is 14.8 Å². The maximum absolute atomic E-state index is 12.4. The number of hydrogen-bond donors (Lipinski definition) is 0. The van der Waals surface area contributed by atoms with E-state index >= 15 is 0 Å². The Morgan fingerprint density at radius 3 is 2.59 bits per heavy atom. The number of furan rings is 1. The molecule has 9 nitrogen and oxygen atoms in total. The maximum Gasteiger partial charge on any atom is 0.312 e. The summed E-state index contributed by atoms with van der Waals surface area (Å²) in [4.78, 5) is 31.6. The van der Waals surface area contributed by atoms with E-state index in [1.165, 1.54) is 4.90 Å². The second-order valence-electron chi connectivity index (χ2n) is 10.3. The van der Waals surface area contributed by atoms with Crippen molar-refractivity contribution >= 4 is 22.8 Å². The summed E-state index contributed by atoms with van der Waals surface area (Å²) in [6, 6.07) is 7.43. The van der Waals surface area contributed by atoms with Crippen molar-refractivity contribution in [2.75, 3.05) is 27.3 Å². The van der Waals surface area contributed by atoms with Crippen LogP contribution in [0.1, 0.15) is 53.1 Å². The van der Waals surface area contributed by atoms with E-state index in [1.807, 2.05) is 37.4 Å². The van der Waals surface area contributed by atoms with E-state index in [2.05, 4.69) is 9.83 Å². The predicted octanol–water partition coefficient (Wildman–Crippen LogP) is 5.95. The molecule has 0 spiro atoms. The number of aromatic nitrogens is 3. The largest absolute Gasteiger partial charge is 0.499 e. The van der Waals surface area contributed by atoms with E-state index in [0.29, 0.717) is 58.7 Å². The number of pyridine rings is 3. The molecular weight excluding hydrogens is 494 g/mol. The highest BCUT2D eigenvalue weighted by molar-refractivity contribution is 5.95. The zero-order chi connectivity index (χ0) is 27.1. The lowest BCUT2D eigenvalue weighted by molar-refractivity contribution is 0.0258. The number of aryl methyl sites for hydroxylation is 1. The van der Waals surface area contributed by atoms with Gasteiger partial charge in [-0.25, -0.2) is 0 Å². The molecule has 0 N–H and O–H groups in total. The molecule has 1 saturated carbocycles. The molecule has 6 rings (SSSR count). The number of fused-ring (bicyclic) bond motifs is 1. The topological polar surface area (TPSA) is 94.9 Å². The van der Waals surface area contributed by atoms with E-state index in [0.717, 1.165) is 42.4 Å². The number of ether oxygens (including phenoxy) is 2. The van der Waals surface area contributed by atoms with E-state index in [4.69, 9.17) is 30.4 Å². The molecular formula is C30H29N5O4. The van der Waals surface area contributed by atoms with Crippen molar-refractivity contribution in [3.05, 3.63) is 64.8 Å². The molecule has 1 amide bonds. The van der Waals surface area contributed by atoms with Crippen LogP contribution in [0, 0.1) is 13.5 Å². The Bertz CT molecular complexity index is 1610. The summed E-state index contributed by atoms with van der Waals surface area (Å²) in [6.07, 6.45) is 7.24. The fourth-order valence-corrected chi connectivity index (χ4v) is 5.00. The molecule has 0 bridgehead atoms. The summed E-state index contributed by atoms with van der Waals surface area (Å²) in [5.74, 6) is 1.57. The number of rotatable bonds is 6. The normalized spacial score (nSPS) is 15.7. The molecule has 4 aromatic rings. The van der Waals surface area contributed by atoms with Gasteiger partial charge in [0.15, 0.2) is 17.0 Å². The molecule has 5 heterocycles. The molecule has 2 fully saturated rings. The third kappa shape index (κ3) is 4.84. The van der Waals surface area contributed by atoms with E-state index in [9.17, 15) is 4.79 Å². The zero-order valence-electron chi connectivity index (χ0n) is 22.2. The van der Waals surface area contributed by atoms with Gasteiger partial charge < -0.3 is 23.6 Å². The smallest absolute Gasteiger partial charge is 0.312 e. The highest BCUT2D eigenvalue weighted by Gasteiger charge is 2.31. The third-order valence-corrected chi connectivity index (χ3v) is 7.22. The molecule has 198 valence electrons. The SMILES string of the molecule is [C-]#[N+]c1nc(-c2c(C3CC3)cnc3cc(-c4ncc(C(=O)N(C)C)cc4C)oc23)ccc1OC1CCOCC1. The highest BCUT2D eigenvalue weighted by Crippen LogP contribution is 2.47. The highest BCUT2D eigenvalue weighted by atomic mass is 16.5. The van der Waals surface area contributed by atoms with Gasteiger partial charge in [0.05, 0.1) is 24.3 Å². The minimum Gasteiger partial charge on any atom is -0.499 e. The molecule has 1 aliphatic carbocycles. The summed E-state index contributed by atoms with van der Waals surface area (Å²) in [7, 11) is 3.43. The first kappa shape index (κ1) is 25.0. The molecule has 1 saturated heterocycles. The minimum atomic E-state index is -0.106. The summed E-state index contributed by atoms with van der Waals surface area (Å²) in [5, 5.41) is 0. The second kappa shape index (κ2) is 10.1. The summed E-state index contributed by atoms with van der Waals surface area (Å²) in [6.45, 7) is 11.0. The Kier molecular flexibility index (Phi) is 6.49. The molecule has 0 radical (unpaired) electrons. The van der Waals surface area contributed by atoms with Gasteiger partial charge in [0.2, 0.25) is 0 Å². The predicted molar refractivity (Wildman–Crippen MR) is 146 cm³/mol. The summed E-state index contributed by atoms with van der Waals surface area (Å²) < 4.78 is 18.0. The van der Waals surface area contributed by atoms with Gasteiger partial charge in [0.1, 0.15) is 23.1 Å². The van der Waals surface area contributed by atoms with Gasteiger partial charge in [-0.1, -0.05) is 6.57 Å². The lowest BCUT2D eigenvalue weighted by Crippen LogP contribution is -2.25. The van der Waals surface area contributed by atoms with Crippen molar-refractivity contribution in [1.82, 2.24) is 19.9 Å². The fourth-order valence-electron chi connectivity index (χ4n) is 5.00. The van der Waals surface area contributed by atoms with Crippen LogP contribution in [0.3, 0.4) is 0 Å². The van der Waals surface area contributed by atoms with Crippen molar-refractivity contribution in [2.24, 2.45) is 0 Å². The van der Waals surface area contributed by atoms with Crippen LogP contribution in [-0.4, -0.2) is 59.2 Å². The Hall–Kier alpha value is -4.29. The summed E-state index contributed by atoms with van der Waals surface area (Å²) >= 11 is 0. The number of hydrogen-bond acceptors (Lipinski definition) is 7. The van der Waals surface area contributed by atoms with Crippen LogP contribution in [-0.2, 0) is 4.74 Å². The number of nitrogens with zero attached hydrogens (tertiary/aromatic N) is 5. The maximum atomic E-state index is 12.4. The molecule has 4 aromatic heterocycles. The van der Waals surface area contributed by atoms with Crippen molar-refractivity contribution in [1.29, 1.82) is 0 Å². The molecule has 1 aliphatic heterocycles. The van der Waals surface area contributed by atoms with E-state index in [1.54, 1.807) is 20.3 Å². The first-order valence-electron chi connectivity index (χ1n) is 13.2. The Balaban J connectivity index is 1.42. The lowest BCUT2D eigenvalue weighted by Gasteiger charge is -2.23. The van der Waals surface area contributed by atoms with Crippen LogP contribution in [0.2, 0.25) is 0 Å². The van der Waals surface area contributed by atoms with Gasteiger partial charge in [0, 0.05) is 45.4 Å². The van der Waals surface area contributed by atoms with Crippen molar-refractivity contribution < 1.29 is 18.7 Å². The lowest BCUT2D eigenvalue weighted by atomic mass is 10.0. The minimum absolute atomic E-state index is 0.0179. The average molecular weight is 524 g/mol. The standard InChI is InChI=1S/C30H29N5O4/c1-17-13-19(30(36)35(3)4)15-33-27(17)25-14-23-28(39-25)26(21(16-32-23)18-5-6-18)22-7-8-24(29(31-2)34-22)38-20-9-11-37-12-10-20/h7-8,13-16,18,20H,5-6,9-12H2,1,3-4H3. The van der Waals surface area contributed by atoms with Crippen LogP contribution in [0.25, 0.3) is 38.7 Å². The van der Waals surface area contributed by atoms with Crippen LogP contribution in [0.4, 0.5) is 5.82 Å². The number of amides is 1.